The molecule has 20 heavy (non-hydrogen) atoms. The molecule has 1 heterocycles. The van der Waals surface area contributed by atoms with Gasteiger partial charge in [0.05, 0.1) is 0 Å². The van der Waals surface area contributed by atoms with Crippen LogP contribution in [-0.2, 0) is 9.53 Å². The van der Waals surface area contributed by atoms with E-state index in [1.807, 2.05) is 20.8 Å². The van der Waals surface area contributed by atoms with Crippen molar-refractivity contribution >= 4 is 12.0 Å². The van der Waals surface area contributed by atoms with E-state index in [9.17, 15) is 9.59 Å². The largest absolute Gasteiger partial charge is 0.444 e. The van der Waals surface area contributed by atoms with Crippen molar-refractivity contribution in [2.75, 3.05) is 13.1 Å². The van der Waals surface area contributed by atoms with Crippen LogP contribution in [0.25, 0.3) is 0 Å². The molecule has 1 saturated carbocycles. The molecule has 0 bridgehead atoms. The molecular weight excluding hydrogens is 256 g/mol. The van der Waals surface area contributed by atoms with Crippen molar-refractivity contribution in [2.24, 2.45) is 16.6 Å². The average molecular weight is 282 g/mol. The molecular formula is C15H26N2O3. The lowest BCUT2D eigenvalue weighted by Crippen LogP contribution is -2.61. The van der Waals surface area contributed by atoms with Gasteiger partial charge in [0, 0.05) is 23.9 Å². The second-order valence-electron chi connectivity index (χ2n) is 7.82. The van der Waals surface area contributed by atoms with Crippen molar-refractivity contribution in [2.45, 2.75) is 59.0 Å². The second-order valence-corrected chi connectivity index (χ2v) is 7.82. The number of hydrogen-bond donors (Lipinski definition) is 1. The maximum absolute atomic E-state index is 11.9. The van der Waals surface area contributed by atoms with E-state index in [1.165, 1.54) is 0 Å². The molecule has 0 radical (unpaired) electrons. The minimum absolute atomic E-state index is 0.00759. The summed E-state index contributed by atoms with van der Waals surface area (Å²) in [6.07, 6.45) is 3.38. The first-order valence-electron chi connectivity index (χ1n) is 7.33. The van der Waals surface area contributed by atoms with Gasteiger partial charge in [-0.1, -0.05) is 13.3 Å². The van der Waals surface area contributed by atoms with Crippen LogP contribution >= 0.6 is 0 Å². The number of amides is 2. The molecule has 0 aromatic rings. The predicted molar refractivity (Wildman–Crippen MR) is 76.0 cm³/mol. The Morgan fingerprint density at radius 2 is 1.80 bits per heavy atom. The van der Waals surface area contributed by atoms with Crippen LogP contribution in [0.3, 0.4) is 0 Å². The monoisotopic (exact) mass is 282 g/mol. The van der Waals surface area contributed by atoms with Crippen molar-refractivity contribution < 1.29 is 14.3 Å². The molecule has 1 aliphatic carbocycles. The Labute approximate surface area is 120 Å². The molecule has 1 aliphatic heterocycles. The lowest BCUT2D eigenvalue weighted by Gasteiger charge is -2.53. The molecule has 0 aromatic carbocycles. The summed E-state index contributed by atoms with van der Waals surface area (Å²) < 4.78 is 5.35. The van der Waals surface area contributed by atoms with E-state index in [0.29, 0.717) is 13.1 Å². The molecule has 1 saturated heterocycles. The maximum atomic E-state index is 11.9. The number of carbonyl (C=O) groups excluding carboxylic acids is 2. The van der Waals surface area contributed by atoms with Crippen LogP contribution in [0.4, 0.5) is 4.79 Å². The minimum Gasteiger partial charge on any atom is -0.444 e. The van der Waals surface area contributed by atoms with Crippen LogP contribution in [0.5, 0.6) is 0 Å². The van der Waals surface area contributed by atoms with Gasteiger partial charge >= 0.3 is 6.09 Å². The Bertz CT molecular complexity index is 415. The highest BCUT2D eigenvalue weighted by molar-refractivity contribution is 5.82. The fourth-order valence-corrected chi connectivity index (χ4v) is 3.37. The number of likely N-dealkylation sites (tertiary alicyclic amines) is 1. The van der Waals surface area contributed by atoms with E-state index < -0.39 is 5.60 Å². The van der Waals surface area contributed by atoms with Crippen LogP contribution in [-0.4, -0.2) is 35.6 Å². The van der Waals surface area contributed by atoms with Crippen LogP contribution in [0, 0.1) is 10.8 Å². The Balaban J connectivity index is 1.88. The van der Waals surface area contributed by atoms with Crippen molar-refractivity contribution in [1.29, 1.82) is 0 Å². The Hall–Kier alpha value is -1.26. The SMILES string of the molecule is CC1(CC2(C(N)=O)CCC2)CN(C(=O)OC(C)(C)C)C1. The van der Waals surface area contributed by atoms with Gasteiger partial charge in [0.1, 0.15) is 5.60 Å². The van der Waals surface area contributed by atoms with Crippen molar-refractivity contribution in [3.63, 3.8) is 0 Å². The number of nitrogens with zero attached hydrogens (tertiary/aromatic N) is 1. The third-order valence-corrected chi connectivity index (χ3v) is 4.40. The lowest BCUT2D eigenvalue weighted by molar-refractivity contribution is -0.138. The van der Waals surface area contributed by atoms with Gasteiger partial charge in [-0.25, -0.2) is 4.79 Å². The fourth-order valence-electron chi connectivity index (χ4n) is 3.37. The Morgan fingerprint density at radius 1 is 1.25 bits per heavy atom. The van der Waals surface area contributed by atoms with E-state index in [-0.39, 0.29) is 22.8 Å². The van der Waals surface area contributed by atoms with E-state index >= 15 is 0 Å². The third kappa shape index (κ3) is 2.91. The number of rotatable bonds is 3. The quantitative estimate of drug-likeness (QED) is 0.863. The number of nitrogens with two attached hydrogens (primary N) is 1. The minimum atomic E-state index is -0.467. The first-order chi connectivity index (χ1) is 9.05. The molecule has 114 valence electrons. The Kier molecular flexibility index (Phi) is 3.51. The van der Waals surface area contributed by atoms with Gasteiger partial charge in [0.15, 0.2) is 0 Å². The molecule has 0 atom stereocenters. The maximum Gasteiger partial charge on any atom is 0.410 e. The third-order valence-electron chi connectivity index (χ3n) is 4.40. The smallest absolute Gasteiger partial charge is 0.410 e. The normalized spacial score (nSPS) is 23.5. The Morgan fingerprint density at radius 3 is 2.15 bits per heavy atom. The number of ether oxygens (including phenoxy) is 1. The van der Waals surface area contributed by atoms with Crippen molar-refractivity contribution in [1.82, 2.24) is 4.90 Å². The van der Waals surface area contributed by atoms with Crippen molar-refractivity contribution in [3.8, 4) is 0 Å². The van der Waals surface area contributed by atoms with E-state index in [2.05, 4.69) is 6.92 Å². The topological polar surface area (TPSA) is 72.6 Å². The van der Waals surface area contributed by atoms with Crippen LogP contribution in [0.15, 0.2) is 0 Å². The van der Waals surface area contributed by atoms with Gasteiger partial charge in [-0.05, 0) is 40.0 Å². The van der Waals surface area contributed by atoms with E-state index in [1.54, 1.807) is 4.90 Å². The van der Waals surface area contributed by atoms with Crippen LogP contribution in [0.1, 0.15) is 53.4 Å². The lowest BCUT2D eigenvalue weighted by atomic mass is 9.58. The number of primary amides is 1. The van der Waals surface area contributed by atoms with Gasteiger partial charge in [-0.2, -0.15) is 0 Å². The predicted octanol–water partition coefficient (Wildman–Crippen LogP) is 2.29. The highest BCUT2D eigenvalue weighted by atomic mass is 16.6. The second kappa shape index (κ2) is 4.64. The van der Waals surface area contributed by atoms with Crippen molar-refractivity contribution in [3.05, 3.63) is 0 Å². The summed E-state index contributed by atoms with van der Waals surface area (Å²) in [5.74, 6) is -0.180. The first-order valence-corrected chi connectivity index (χ1v) is 7.33. The molecule has 0 aromatic heterocycles. The zero-order valence-electron chi connectivity index (χ0n) is 13.0. The number of carbonyl (C=O) groups is 2. The highest BCUT2D eigenvalue weighted by Gasteiger charge is 2.52. The molecule has 5 nitrogen and oxygen atoms in total. The molecule has 5 heteroatoms. The number of hydrogen-bond acceptors (Lipinski definition) is 3. The highest BCUT2D eigenvalue weighted by Crippen LogP contribution is 2.51. The summed E-state index contributed by atoms with van der Waals surface area (Å²) in [6, 6.07) is 0. The van der Waals surface area contributed by atoms with Gasteiger partial charge < -0.3 is 15.4 Å². The summed E-state index contributed by atoms with van der Waals surface area (Å²) in [7, 11) is 0. The summed E-state index contributed by atoms with van der Waals surface area (Å²) >= 11 is 0. The molecule has 2 aliphatic rings. The standard InChI is InChI=1S/C15H26N2O3/c1-13(2,3)20-12(19)17-9-14(4,10-17)8-15(11(16)18)6-5-7-15/h5-10H2,1-4H3,(H2,16,18). The average Bonchev–Trinajstić information content (AvgIpc) is 2.16. The van der Waals surface area contributed by atoms with Crippen LogP contribution < -0.4 is 5.73 Å². The van der Waals surface area contributed by atoms with Gasteiger partial charge in [-0.3, -0.25) is 4.79 Å². The molecule has 0 spiro atoms. The molecule has 2 fully saturated rings. The van der Waals surface area contributed by atoms with Gasteiger partial charge in [0.25, 0.3) is 0 Å². The molecule has 2 rings (SSSR count). The van der Waals surface area contributed by atoms with E-state index in [0.717, 1.165) is 25.7 Å². The van der Waals surface area contributed by atoms with Crippen LogP contribution in [0.2, 0.25) is 0 Å². The summed E-state index contributed by atoms with van der Waals surface area (Å²) in [6.45, 7) is 9.01. The van der Waals surface area contributed by atoms with Gasteiger partial charge in [0.2, 0.25) is 5.91 Å². The zero-order valence-corrected chi connectivity index (χ0v) is 13.0. The molecule has 2 amide bonds. The van der Waals surface area contributed by atoms with E-state index in [4.69, 9.17) is 10.5 Å². The molecule has 2 N–H and O–H groups in total. The summed E-state index contributed by atoms with van der Waals surface area (Å²) in [4.78, 5) is 25.3. The zero-order chi connectivity index (χ0) is 15.2. The van der Waals surface area contributed by atoms with Gasteiger partial charge in [-0.15, -0.1) is 0 Å². The summed E-state index contributed by atoms with van der Waals surface area (Å²) in [5.41, 5.74) is 4.75. The fraction of sp³-hybridized carbons (Fsp3) is 0.867. The summed E-state index contributed by atoms with van der Waals surface area (Å²) in [5, 5.41) is 0. The first kappa shape index (κ1) is 15.1. The molecule has 0 unspecified atom stereocenters.